The van der Waals surface area contributed by atoms with Crippen molar-refractivity contribution in [2.45, 2.75) is 26.3 Å². The van der Waals surface area contributed by atoms with Crippen molar-refractivity contribution >= 4 is 27.9 Å². The zero-order chi connectivity index (χ0) is 24.4. The van der Waals surface area contributed by atoms with Gasteiger partial charge in [0, 0.05) is 29.1 Å². The summed E-state index contributed by atoms with van der Waals surface area (Å²) < 4.78 is 33.2. The molecule has 0 amide bonds. The lowest BCUT2D eigenvalue weighted by atomic mass is 10.1. The molecule has 9 heteroatoms. The molecule has 0 aliphatic heterocycles. The van der Waals surface area contributed by atoms with Crippen LogP contribution in [0.2, 0.25) is 0 Å². The molecular weight excluding hydrogens is 442 g/mol. The predicted molar refractivity (Wildman–Crippen MR) is 132 cm³/mol. The SMILES string of the molecule is COc1ccc(-n2ccc(=O)n(C(C)(C)C)c2=O)cc1/C=C/c1ccc(NS(C)(=O)=O)cc1. The largest absolute Gasteiger partial charge is 0.496 e. The van der Waals surface area contributed by atoms with Gasteiger partial charge < -0.3 is 4.74 Å². The van der Waals surface area contributed by atoms with Crippen molar-refractivity contribution in [3.63, 3.8) is 0 Å². The minimum atomic E-state index is -3.34. The molecule has 1 aromatic heterocycles. The summed E-state index contributed by atoms with van der Waals surface area (Å²) in [5.41, 5.74) is 1.20. The first-order chi connectivity index (χ1) is 15.4. The molecule has 1 N–H and O–H groups in total. The van der Waals surface area contributed by atoms with E-state index in [1.165, 1.54) is 21.4 Å². The standard InChI is InChI=1S/C24H27N3O5S/c1-24(2,3)27-22(28)14-15-26(23(27)29)20-12-13-21(32-4)18(16-20)9-6-17-7-10-19(11-8-17)25-33(5,30)31/h6-16,25H,1-5H3/b9-6+. The molecule has 33 heavy (non-hydrogen) atoms. The van der Waals surface area contributed by atoms with E-state index in [0.29, 0.717) is 17.1 Å². The lowest BCUT2D eigenvalue weighted by Gasteiger charge is -2.22. The van der Waals surface area contributed by atoms with Crippen LogP contribution in [0.4, 0.5) is 5.69 Å². The Kier molecular flexibility index (Phi) is 6.64. The number of aromatic nitrogens is 2. The monoisotopic (exact) mass is 469 g/mol. The molecule has 0 saturated heterocycles. The van der Waals surface area contributed by atoms with Crippen molar-refractivity contribution in [2.75, 3.05) is 18.1 Å². The number of sulfonamides is 1. The van der Waals surface area contributed by atoms with E-state index >= 15 is 0 Å². The third-order valence-corrected chi connectivity index (χ3v) is 5.42. The van der Waals surface area contributed by atoms with Crippen LogP contribution in [-0.4, -0.2) is 30.9 Å². The predicted octanol–water partition coefficient (Wildman–Crippen LogP) is 3.30. The average molecular weight is 470 g/mol. The Balaban J connectivity index is 1.99. The second-order valence-electron chi connectivity index (χ2n) is 8.57. The van der Waals surface area contributed by atoms with Gasteiger partial charge in [-0.15, -0.1) is 0 Å². The fourth-order valence-corrected chi connectivity index (χ4v) is 3.92. The molecule has 0 aliphatic rings. The van der Waals surface area contributed by atoms with Crippen LogP contribution in [0, 0.1) is 0 Å². The Morgan fingerprint density at radius 1 is 0.970 bits per heavy atom. The molecule has 0 saturated carbocycles. The summed E-state index contributed by atoms with van der Waals surface area (Å²) in [5.74, 6) is 0.613. The van der Waals surface area contributed by atoms with Crippen molar-refractivity contribution in [1.82, 2.24) is 9.13 Å². The number of hydrogen-bond acceptors (Lipinski definition) is 5. The Labute approximate surface area is 192 Å². The van der Waals surface area contributed by atoms with Crippen LogP contribution in [0.1, 0.15) is 31.9 Å². The van der Waals surface area contributed by atoms with E-state index in [2.05, 4.69) is 4.72 Å². The van der Waals surface area contributed by atoms with Gasteiger partial charge >= 0.3 is 5.69 Å². The minimum Gasteiger partial charge on any atom is -0.496 e. The van der Waals surface area contributed by atoms with Gasteiger partial charge in [-0.1, -0.05) is 24.3 Å². The maximum atomic E-state index is 13.0. The van der Waals surface area contributed by atoms with E-state index in [-0.39, 0.29) is 5.56 Å². The molecule has 0 unspecified atom stereocenters. The van der Waals surface area contributed by atoms with Crippen molar-refractivity contribution < 1.29 is 13.2 Å². The third-order valence-electron chi connectivity index (χ3n) is 4.82. The first kappa shape index (κ1) is 24.1. The average Bonchev–Trinajstić information content (AvgIpc) is 2.71. The van der Waals surface area contributed by atoms with Gasteiger partial charge in [-0.25, -0.2) is 13.2 Å². The highest BCUT2D eigenvalue weighted by molar-refractivity contribution is 7.92. The highest BCUT2D eigenvalue weighted by Crippen LogP contribution is 2.24. The minimum absolute atomic E-state index is 0.355. The maximum Gasteiger partial charge on any atom is 0.336 e. The molecule has 8 nitrogen and oxygen atoms in total. The fraction of sp³-hybridized carbons (Fsp3) is 0.250. The van der Waals surface area contributed by atoms with Gasteiger partial charge in [0.1, 0.15) is 5.75 Å². The second-order valence-corrected chi connectivity index (χ2v) is 10.3. The van der Waals surface area contributed by atoms with Gasteiger partial charge in [0.05, 0.1) is 19.1 Å². The second kappa shape index (κ2) is 9.11. The molecular formula is C24H27N3O5S. The normalized spacial score (nSPS) is 12.2. The Hall–Kier alpha value is -3.59. The van der Waals surface area contributed by atoms with Crippen molar-refractivity contribution in [2.24, 2.45) is 0 Å². The van der Waals surface area contributed by atoms with Crippen LogP contribution >= 0.6 is 0 Å². The smallest absolute Gasteiger partial charge is 0.336 e. The quantitative estimate of drug-likeness (QED) is 0.559. The molecule has 3 rings (SSSR count). The number of anilines is 1. The Morgan fingerprint density at radius 2 is 1.64 bits per heavy atom. The number of nitrogens with one attached hydrogen (secondary N) is 1. The van der Waals surface area contributed by atoms with E-state index in [1.54, 1.807) is 70.3 Å². The molecule has 0 spiro atoms. The summed E-state index contributed by atoms with van der Waals surface area (Å²) in [7, 11) is -1.78. The number of rotatable bonds is 6. The van der Waals surface area contributed by atoms with Crippen molar-refractivity contribution in [3.05, 3.63) is 86.7 Å². The fourth-order valence-electron chi connectivity index (χ4n) is 3.36. The number of benzene rings is 2. The van der Waals surface area contributed by atoms with Gasteiger partial charge in [0.25, 0.3) is 5.56 Å². The topological polar surface area (TPSA) is 99.4 Å². The van der Waals surface area contributed by atoms with E-state index in [0.717, 1.165) is 17.4 Å². The Bertz CT molecular complexity index is 1410. The summed E-state index contributed by atoms with van der Waals surface area (Å²) >= 11 is 0. The summed E-state index contributed by atoms with van der Waals surface area (Å²) in [5, 5.41) is 0. The van der Waals surface area contributed by atoms with Crippen LogP contribution in [0.5, 0.6) is 5.75 Å². The molecule has 2 aromatic carbocycles. The summed E-state index contributed by atoms with van der Waals surface area (Å²) in [6.45, 7) is 5.41. The van der Waals surface area contributed by atoms with Crippen LogP contribution in [-0.2, 0) is 15.6 Å². The molecule has 0 bridgehead atoms. The van der Waals surface area contributed by atoms with E-state index in [9.17, 15) is 18.0 Å². The van der Waals surface area contributed by atoms with Crippen LogP contribution in [0.25, 0.3) is 17.8 Å². The van der Waals surface area contributed by atoms with E-state index < -0.39 is 21.3 Å². The summed E-state index contributed by atoms with van der Waals surface area (Å²) in [4.78, 5) is 25.3. The molecule has 174 valence electrons. The lowest BCUT2D eigenvalue weighted by Crippen LogP contribution is -2.46. The number of ether oxygens (including phenoxy) is 1. The zero-order valence-electron chi connectivity index (χ0n) is 19.2. The lowest BCUT2D eigenvalue weighted by molar-refractivity contribution is 0.361. The van der Waals surface area contributed by atoms with Crippen LogP contribution in [0.15, 0.2) is 64.3 Å². The molecule has 0 fully saturated rings. The van der Waals surface area contributed by atoms with E-state index in [4.69, 9.17) is 4.74 Å². The maximum absolute atomic E-state index is 13.0. The number of nitrogens with zero attached hydrogens (tertiary/aromatic N) is 2. The van der Waals surface area contributed by atoms with Crippen molar-refractivity contribution in [1.29, 1.82) is 0 Å². The third kappa shape index (κ3) is 5.81. The molecule has 3 aromatic rings. The van der Waals surface area contributed by atoms with Gasteiger partial charge in [-0.05, 0) is 56.7 Å². The highest BCUT2D eigenvalue weighted by Gasteiger charge is 2.19. The van der Waals surface area contributed by atoms with Crippen LogP contribution < -0.4 is 20.7 Å². The highest BCUT2D eigenvalue weighted by atomic mass is 32.2. The van der Waals surface area contributed by atoms with Gasteiger partial charge in [0.2, 0.25) is 10.0 Å². The summed E-state index contributed by atoms with van der Waals surface area (Å²) in [6, 6.07) is 13.6. The molecule has 0 atom stereocenters. The first-order valence-electron chi connectivity index (χ1n) is 10.2. The van der Waals surface area contributed by atoms with Gasteiger partial charge in [0.15, 0.2) is 0 Å². The first-order valence-corrected chi connectivity index (χ1v) is 12.1. The van der Waals surface area contributed by atoms with Crippen molar-refractivity contribution in [3.8, 4) is 11.4 Å². The molecule has 1 heterocycles. The van der Waals surface area contributed by atoms with Gasteiger partial charge in [-0.3, -0.25) is 18.7 Å². The van der Waals surface area contributed by atoms with E-state index in [1.807, 2.05) is 12.2 Å². The molecule has 0 radical (unpaired) electrons. The number of hydrogen-bond donors (Lipinski definition) is 1. The molecule has 0 aliphatic carbocycles. The Morgan fingerprint density at radius 3 is 2.21 bits per heavy atom. The summed E-state index contributed by atoms with van der Waals surface area (Å²) in [6.07, 6.45) is 6.26. The van der Waals surface area contributed by atoms with Crippen LogP contribution in [0.3, 0.4) is 0 Å². The van der Waals surface area contributed by atoms with Gasteiger partial charge in [-0.2, -0.15) is 0 Å². The zero-order valence-corrected chi connectivity index (χ0v) is 20.0. The number of methoxy groups -OCH3 is 1.